The third kappa shape index (κ3) is 3.96. The summed E-state index contributed by atoms with van der Waals surface area (Å²) in [5.41, 5.74) is 0.654. The van der Waals surface area contributed by atoms with Crippen molar-refractivity contribution < 1.29 is 13.5 Å². The van der Waals surface area contributed by atoms with E-state index in [9.17, 15) is 13.5 Å². The fraction of sp³-hybridized carbons (Fsp3) is 0.571. The first-order chi connectivity index (χ1) is 9.95. The van der Waals surface area contributed by atoms with Crippen molar-refractivity contribution >= 4 is 21.6 Å². The molecule has 118 valence electrons. The van der Waals surface area contributed by atoms with Crippen LogP contribution in [0.4, 0.5) is 0 Å². The Morgan fingerprint density at radius 3 is 2.86 bits per heavy atom. The van der Waals surface area contributed by atoms with Gasteiger partial charge in [0.2, 0.25) is 10.0 Å². The molecule has 0 amide bonds. The molecule has 0 saturated carbocycles. The Morgan fingerprint density at radius 2 is 2.24 bits per heavy atom. The molecule has 1 fully saturated rings. The van der Waals surface area contributed by atoms with Gasteiger partial charge in [0.05, 0.1) is 11.5 Å². The molecule has 1 aromatic carbocycles. The normalized spacial score (nSPS) is 19.3. The van der Waals surface area contributed by atoms with Gasteiger partial charge in [-0.25, -0.2) is 8.42 Å². The predicted molar refractivity (Wildman–Crippen MR) is 83.1 cm³/mol. The van der Waals surface area contributed by atoms with Gasteiger partial charge in [0.15, 0.2) is 0 Å². The van der Waals surface area contributed by atoms with E-state index in [4.69, 9.17) is 11.6 Å². The summed E-state index contributed by atoms with van der Waals surface area (Å²) < 4.78 is 27.0. The molecule has 0 spiro atoms. The lowest BCUT2D eigenvalue weighted by Crippen LogP contribution is -2.42. The van der Waals surface area contributed by atoms with Crippen LogP contribution in [0.2, 0.25) is 5.02 Å². The molecule has 1 unspecified atom stereocenters. The smallest absolute Gasteiger partial charge is 0.243 e. The number of aliphatic hydroxyl groups excluding tert-OH is 1. The van der Waals surface area contributed by atoms with Crippen molar-refractivity contribution in [1.29, 1.82) is 0 Å². The summed E-state index contributed by atoms with van der Waals surface area (Å²) >= 11 is 5.93. The van der Waals surface area contributed by atoms with Gasteiger partial charge in [-0.1, -0.05) is 17.7 Å². The van der Waals surface area contributed by atoms with E-state index in [0.29, 0.717) is 17.1 Å². The maximum absolute atomic E-state index is 12.8. The van der Waals surface area contributed by atoms with Crippen molar-refractivity contribution in [3.05, 3.63) is 28.8 Å². The van der Waals surface area contributed by atoms with Gasteiger partial charge in [-0.2, -0.15) is 4.31 Å². The van der Waals surface area contributed by atoms with Crippen LogP contribution >= 0.6 is 11.6 Å². The number of nitrogens with zero attached hydrogens (tertiary/aromatic N) is 1. The number of aliphatic hydroxyl groups is 1. The van der Waals surface area contributed by atoms with E-state index in [1.165, 1.54) is 10.4 Å². The first kappa shape index (κ1) is 16.7. The van der Waals surface area contributed by atoms with Gasteiger partial charge in [-0.3, -0.25) is 0 Å². The molecule has 1 aliphatic heterocycles. The maximum atomic E-state index is 12.8. The molecule has 0 bridgehead atoms. The Bertz CT molecular complexity index is 586. The van der Waals surface area contributed by atoms with Crippen molar-refractivity contribution in [2.24, 2.45) is 0 Å². The zero-order chi connectivity index (χ0) is 15.5. The van der Waals surface area contributed by atoms with E-state index in [1.54, 1.807) is 19.1 Å². The standard InChI is InChI=1S/C14H21ClN2O3S/c1-11-4-5-12(15)9-14(11)21(19,20)17(7-8-18)10-13-3-2-6-16-13/h4-5,9,13,16,18H,2-3,6-8,10H2,1H3. The highest BCUT2D eigenvalue weighted by Gasteiger charge is 2.29. The van der Waals surface area contributed by atoms with Crippen LogP contribution in [0.5, 0.6) is 0 Å². The highest BCUT2D eigenvalue weighted by Crippen LogP contribution is 2.24. The van der Waals surface area contributed by atoms with E-state index in [0.717, 1.165) is 19.4 Å². The quantitative estimate of drug-likeness (QED) is 0.826. The molecule has 0 aromatic heterocycles. The van der Waals surface area contributed by atoms with Crippen molar-refractivity contribution in [1.82, 2.24) is 9.62 Å². The van der Waals surface area contributed by atoms with E-state index < -0.39 is 10.0 Å². The molecular formula is C14H21ClN2O3S. The van der Waals surface area contributed by atoms with Gasteiger partial charge < -0.3 is 10.4 Å². The van der Waals surface area contributed by atoms with Gasteiger partial charge in [0.25, 0.3) is 0 Å². The number of nitrogens with one attached hydrogen (secondary N) is 1. The molecule has 0 radical (unpaired) electrons. The summed E-state index contributed by atoms with van der Waals surface area (Å²) in [5, 5.41) is 12.9. The van der Waals surface area contributed by atoms with Crippen LogP contribution in [0, 0.1) is 6.92 Å². The lowest BCUT2D eigenvalue weighted by Gasteiger charge is -2.25. The second kappa shape index (κ2) is 7.07. The Labute approximate surface area is 131 Å². The van der Waals surface area contributed by atoms with Gasteiger partial charge in [-0.05, 0) is 44.0 Å². The fourth-order valence-corrected chi connectivity index (χ4v) is 4.53. The highest BCUT2D eigenvalue weighted by molar-refractivity contribution is 7.89. The Kier molecular flexibility index (Phi) is 5.62. The van der Waals surface area contributed by atoms with E-state index >= 15 is 0 Å². The molecule has 2 N–H and O–H groups in total. The Hall–Kier alpha value is -0.660. The third-order valence-corrected chi connectivity index (χ3v) is 5.95. The number of rotatable bonds is 6. The zero-order valence-electron chi connectivity index (χ0n) is 12.0. The summed E-state index contributed by atoms with van der Waals surface area (Å²) in [6.45, 7) is 2.91. The van der Waals surface area contributed by atoms with E-state index in [-0.39, 0.29) is 24.1 Å². The van der Waals surface area contributed by atoms with Crippen LogP contribution in [0.25, 0.3) is 0 Å². The number of sulfonamides is 1. The second-order valence-corrected chi connectivity index (χ2v) is 7.63. The zero-order valence-corrected chi connectivity index (χ0v) is 13.6. The first-order valence-corrected chi connectivity index (χ1v) is 8.87. The first-order valence-electron chi connectivity index (χ1n) is 7.05. The molecular weight excluding hydrogens is 312 g/mol. The Morgan fingerprint density at radius 1 is 1.48 bits per heavy atom. The summed E-state index contributed by atoms with van der Waals surface area (Å²) in [6.07, 6.45) is 2.00. The number of hydrogen-bond acceptors (Lipinski definition) is 4. The number of halogens is 1. The summed E-state index contributed by atoms with van der Waals surface area (Å²) in [4.78, 5) is 0.210. The largest absolute Gasteiger partial charge is 0.395 e. The minimum atomic E-state index is -3.65. The summed E-state index contributed by atoms with van der Waals surface area (Å²) in [7, 11) is -3.65. The molecule has 5 nitrogen and oxygen atoms in total. The van der Waals surface area contributed by atoms with E-state index in [2.05, 4.69) is 5.32 Å². The summed E-state index contributed by atoms with van der Waals surface area (Å²) in [5.74, 6) is 0. The van der Waals surface area contributed by atoms with Gasteiger partial charge in [0.1, 0.15) is 0 Å². The van der Waals surface area contributed by atoms with Crippen LogP contribution < -0.4 is 5.32 Å². The van der Waals surface area contributed by atoms with Gasteiger partial charge in [0, 0.05) is 24.2 Å². The fourth-order valence-electron chi connectivity index (χ4n) is 2.57. The molecule has 1 saturated heterocycles. The number of benzene rings is 1. The molecule has 1 atom stereocenters. The molecule has 2 rings (SSSR count). The lowest BCUT2D eigenvalue weighted by molar-refractivity contribution is 0.246. The average molecular weight is 333 g/mol. The van der Waals surface area contributed by atoms with Gasteiger partial charge >= 0.3 is 0 Å². The minimum Gasteiger partial charge on any atom is -0.395 e. The maximum Gasteiger partial charge on any atom is 0.243 e. The van der Waals surface area contributed by atoms with Gasteiger partial charge in [-0.15, -0.1) is 0 Å². The van der Waals surface area contributed by atoms with Crippen LogP contribution in [0.15, 0.2) is 23.1 Å². The molecule has 0 aliphatic carbocycles. The topological polar surface area (TPSA) is 69.6 Å². The molecule has 1 aromatic rings. The lowest BCUT2D eigenvalue weighted by atomic mass is 10.2. The van der Waals surface area contributed by atoms with Crippen LogP contribution in [-0.4, -0.2) is 50.1 Å². The SMILES string of the molecule is Cc1ccc(Cl)cc1S(=O)(=O)N(CCO)CC1CCCN1. The third-order valence-electron chi connectivity index (χ3n) is 3.70. The van der Waals surface area contributed by atoms with Crippen molar-refractivity contribution in [2.75, 3.05) is 26.2 Å². The molecule has 21 heavy (non-hydrogen) atoms. The molecule has 7 heteroatoms. The Balaban J connectivity index is 2.29. The minimum absolute atomic E-state index is 0.0897. The summed E-state index contributed by atoms with van der Waals surface area (Å²) in [6, 6.07) is 4.98. The molecule has 1 aliphatic rings. The van der Waals surface area contributed by atoms with Crippen LogP contribution in [0.3, 0.4) is 0 Å². The monoisotopic (exact) mass is 332 g/mol. The van der Waals surface area contributed by atoms with Crippen molar-refractivity contribution in [3.63, 3.8) is 0 Å². The van der Waals surface area contributed by atoms with Crippen molar-refractivity contribution in [2.45, 2.75) is 30.7 Å². The van der Waals surface area contributed by atoms with E-state index in [1.807, 2.05) is 0 Å². The number of aryl methyl sites for hydroxylation is 1. The second-order valence-electron chi connectivity index (χ2n) is 5.29. The number of hydrogen-bond donors (Lipinski definition) is 2. The van der Waals surface area contributed by atoms with Crippen LogP contribution in [0.1, 0.15) is 18.4 Å². The highest BCUT2D eigenvalue weighted by atomic mass is 35.5. The van der Waals surface area contributed by atoms with Crippen molar-refractivity contribution in [3.8, 4) is 0 Å². The average Bonchev–Trinajstić information content (AvgIpc) is 2.94. The predicted octanol–water partition coefficient (Wildman–Crippen LogP) is 1.38. The molecule has 1 heterocycles. The van der Waals surface area contributed by atoms with Crippen LogP contribution in [-0.2, 0) is 10.0 Å².